The third kappa shape index (κ3) is 3.57. The summed E-state index contributed by atoms with van der Waals surface area (Å²) in [5, 5.41) is 12.6. The van der Waals surface area contributed by atoms with Crippen molar-refractivity contribution in [3.05, 3.63) is 18.2 Å². The van der Waals surface area contributed by atoms with Gasteiger partial charge in [0.25, 0.3) is 0 Å². The molecule has 1 aromatic rings. The lowest BCUT2D eigenvalue weighted by Crippen LogP contribution is -2.43. The molecule has 0 aliphatic carbocycles. The molecule has 0 saturated heterocycles. The van der Waals surface area contributed by atoms with E-state index >= 15 is 0 Å². The molecule has 1 rings (SSSR count). The normalized spacial score (nSPS) is 14.2. The summed E-state index contributed by atoms with van der Waals surface area (Å²) in [4.78, 5) is 4.19. The Morgan fingerprint density at radius 1 is 1.53 bits per heavy atom. The lowest BCUT2D eigenvalue weighted by Gasteiger charge is -2.26. The standard InChI is InChI=1S/C13H22N4/c1-4-13(11-14,16-5-2)7-6-9-17-10-8-15-12(17)3/h8,10,16H,4-7,9H2,1-3H3. The van der Waals surface area contributed by atoms with Crippen LogP contribution in [0, 0.1) is 18.3 Å². The highest BCUT2D eigenvalue weighted by molar-refractivity contribution is 5.06. The van der Waals surface area contributed by atoms with Crippen LogP contribution in [0.3, 0.4) is 0 Å². The van der Waals surface area contributed by atoms with Crippen molar-refractivity contribution in [2.24, 2.45) is 0 Å². The van der Waals surface area contributed by atoms with E-state index in [1.165, 1.54) is 0 Å². The third-order valence-electron chi connectivity index (χ3n) is 3.26. The van der Waals surface area contributed by atoms with Crippen molar-refractivity contribution >= 4 is 0 Å². The molecule has 0 fully saturated rings. The first-order valence-electron chi connectivity index (χ1n) is 6.31. The van der Waals surface area contributed by atoms with Gasteiger partial charge in [-0.25, -0.2) is 4.98 Å². The highest BCUT2D eigenvalue weighted by atomic mass is 15.0. The lowest BCUT2D eigenvalue weighted by molar-refractivity contribution is 0.362. The van der Waals surface area contributed by atoms with Crippen LogP contribution in [0.2, 0.25) is 0 Å². The van der Waals surface area contributed by atoms with E-state index in [0.717, 1.165) is 38.2 Å². The van der Waals surface area contributed by atoms with E-state index in [1.54, 1.807) is 0 Å². The number of nitrogens with one attached hydrogen (secondary N) is 1. The van der Waals surface area contributed by atoms with Crippen LogP contribution in [-0.2, 0) is 6.54 Å². The van der Waals surface area contributed by atoms with Crippen LogP contribution in [0.25, 0.3) is 0 Å². The smallest absolute Gasteiger partial charge is 0.106 e. The van der Waals surface area contributed by atoms with Gasteiger partial charge in [0.15, 0.2) is 0 Å². The van der Waals surface area contributed by atoms with E-state index in [2.05, 4.69) is 27.9 Å². The van der Waals surface area contributed by atoms with Crippen molar-refractivity contribution in [3.8, 4) is 6.07 Å². The molecule has 1 unspecified atom stereocenters. The predicted molar refractivity (Wildman–Crippen MR) is 68.5 cm³/mol. The van der Waals surface area contributed by atoms with Crippen molar-refractivity contribution in [1.82, 2.24) is 14.9 Å². The summed E-state index contributed by atoms with van der Waals surface area (Å²) in [7, 11) is 0. The van der Waals surface area contributed by atoms with Gasteiger partial charge in [0, 0.05) is 18.9 Å². The molecule has 1 N–H and O–H groups in total. The summed E-state index contributed by atoms with van der Waals surface area (Å²) in [5.41, 5.74) is -0.358. The van der Waals surface area contributed by atoms with Gasteiger partial charge < -0.3 is 4.57 Å². The maximum Gasteiger partial charge on any atom is 0.106 e. The van der Waals surface area contributed by atoms with Gasteiger partial charge in [-0.2, -0.15) is 5.26 Å². The van der Waals surface area contributed by atoms with Crippen LogP contribution in [0.4, 0.5) is 0 Å². The minimum Gasteiger partial charge on any atom is -0.335 e. The summed E-state index contributed by atoms with van der Waals surface area (Å²) in [6.45, 7) is 7.88. The number of imidazole rings is 1. The number of rotatable bonds is 7. The molecule has 0 bridgehead atoms. The summed E-state index contributed by atoms with van der Waals surface area (Å²) in [6, 6.07) is 2.42. The van der Waals surface area contributed by atoms with Gasteiger partial charge in [-0.3, -0.25) is 5.32 Å². The Hall–Kier alpha value is -1.34. The molecule has 94 valence electrons. The topological polar surface area (TPSA) is 53.6 Å². The lowest BCUT2D eigenvalue weighted by atomic mass is 9.92. The molecule has 1 heterocycles. The molecule has 4 nitrogen and oxygen atoms in total. The fourth-order valence-electron chi connectivity index (χ4n) is 2.09. The molecule has 4 heteroatoms. The number of hydrogen-bond acceptors (Lipinski definition) is 3. The Kier molecular flexibility index (Phi) is 5.17. The number of nitrogens with zero attached hydrogens (tertiary/aromatic N) is 3. The average Bonchev–Trinajstić information content (AvgIpc) is 2.74. The van der Waals surface area contributed by atoms with Gasteiger partial charge in [0.1, 0.15) is 11.4 Å². The molecule has 0 aliphatic heterocycles. The van der Waals surface area contributed by atoms with Crippen molar-refractivity contribution < 1.29 is 0 Å². The third-order valence-corrected chi connectivity index (χ3v) is 3.26. The second-order valence-electron chi connectivity index (χ2n) is 4.35. The van der Waals surface area contributed by atoms with E-state index in [1.807, 2.05) is 26.2 Å². The summed E-state index contributed by atoms with van der Waals surface area (Å²) in [6.07, 6.45) is 6.52. The Balaban J connectivity index is 2.48. The molecule has 0 spiro atoms. The second kappa shape index (κ2) is 6.41. The van der Waals surface area contributed by atoms with Gasteiger partial charge in [-0.15, -0.1) is 0 Å². The van der Waals surface area contributed by atoms with E-state index in [-0.39, 0.29) is 5.54 Å². The minimum absolute atomic E-state index is 0.358. The molecule has 17 heavy (non-hydrogen) atoms. The van der Waals surface area contributed by atoms with Crippen molar-refractivity contribution in [2.75, 3.05) is 6.54 Å². The quantitative estimate of drug-likeness (QED) is 0.787. The fourth-order valence-corrected chi connectivity index (χ4v) is 2.09. The monoisotopic (exact) mass is 234 g/mol. The summed E-state index contributed by atoms with van der Waals surface area (Å²) in [5.74, 6) is 1.03. The molecule has 0 radical (unpaired) electrons. The Bertz CT molecular complexity index is 377. The van der Waals surface area contributed by atoms with Crippen LogP contribution < -0.4 is 5.32 Å². The maximum absolute atomic E-state index is 9.29. The van der Waals surface area contributed by atoms with Crippen LogP contribution in [0.15, 0.2) is 12.4 Å². The zero-order valence-electron chi connectivity index (χ0n) is 11.0. The average molecular weight is 234 g/mol. The van der Waals surface area contributed by atoms with E-state index in [0.29, 0.717) is 0 Å². The Morgan fingerprint density at radius 2 is 2.29 bits per heavy atom. The van der Waals surface area contributed by atoms with Crippen LogP contribution >= 0.6 is 0 Å². The molecule has 0 aromatic carbocycles. The highest BCUT2D eigenvalue weighted by Crippen LogP contribution is 2.17. The molecule has 1 atom stereocenters. The number of aromatic nitrogens is 2. The zero-order chi connectivity index (χ0) is 12.7. The van der Waals surface area contributed by atoms with Gasteiger partial charge in [-0.05, 0) is 32.7 Å². The van der Waals surface area contributed by atoms with Crippen LogP contribution in [0.5, 0.6) is 0 Å². The SMILES string of the molecule is CCNC(C#N)(CC)CCCn1ccnc1C. The fraction of sp³-hybridized carbons (Fsp3) is 0.692. The Morgan fingerprint density at radius 3 is 2.76 bits per heavy atom. The van der Waals surface area contributed by atoms with Crippen molar-refractivity contribution in [2.45, 2.75) is 52.1 Å². The van der Waals surface area contributed by atoms with Crippen molar-refractivity contribution in [1.29, 1.82) is 5.26 Å². The maximum atomic E-state index is 9.29. The molecule has 0 saturated carbocycles. The molecule has 0 aliphatic rings. The Labute approximate surface area is 104 Å². The second-order valence-corrected chi connectivity index (χ2v) is 4.35. The van der Waals surface area contributed by atoms with Gasteiger partial charge >= 0.3 is 0 Å². The first kappa shape index (κ1) is 13.7. The number of aryl methyl sites for hydroxylation is 2. The highest BCUT2D eigenvalue weighted by Gasteiger charge is 2.25. The predicted octanol–water partition coefficient (Wildman–Crippen LogP) is 2.25. The number of hydrogen-bond donors (Lipinski definition) is 1. The first-order valence-corrected chi connectivity index (χ1v) is 6.31. The molecule has 1 aromatic heterocycles. The van der Waals surface area contributed by atoms with E-state index in [4.69, 9.17) is 0 Å². The van der Waals surface area contributed by atoms with Gasteiger partial charge in [-0.1, -0.05) is 13.8 Å². The minimum atomic E-state index is -0.358. The van der Waals surface area contributed by atoms with E-state index in [9.17, 15) is 5.26 Å². The van der Waals surface area contributed by atoms with Gasteiger partial charge in [0.2, 0.25) is 0 Å². The van der Waals surface area contributed by atoms with Crippen LogP contribution in [-0.4, -0.2) is 21.6 Å². The summed E-state index contributed by atoms with van der Waals surface area (Å²) >= 11 is 0. The molecular formula is C13H22N4. The number of nitriles is 1. The zero-order valence-corrected chi connectivity index (χ0v) is 11.0. The molecular weight excluding hydrogens is 212 g/mol. The summed E-state index contributed by atoms with van der Waals surface area (Å²) < 4.78 is 2.13. The molecule has 0 amide bonds. The first-order chi connectivity index (χ1) is 8.17. The van der Waals surface area contributed by atoms with Crippen molar-refractivity contribution in [3.63, 3.8) is 0 Å². The largest absolute Gasteiger partial charge is 0.335 e. The van der Waals surface area contributed by atoms with Crippen LogP contribution in [0.1, 0.15) is 38.9 Å². The van der Waals surface area contributed by atoms with E-state index < -0.39 is 0 Å². The van der Waals surface area contributed by atoms with Gasteiger partial charge in [0.05, 0.1) is 6.07 Å².